The number of benzene rings is 2. The summed E-state index contributed by atoms with van der Waals surface area (Å²) in [5.74, 6) is -0.980. The van der Waals surface area contributed by atoms with Gasteiger partial charge in [-0.3, -0.25) is 9.59 Å². The highest BCUT2D eigenvalue weighted by molar-refractivity contribution is 6.04. The molecule has 0 unspecified atom stereocenters. The zero-order valence-electron chi connectivity index (χ0n) is 14.1. The highest BCUT2D eigenvalue weighted by Gasteiger charge is 2.50. The molecule has 5 heteroatoms. The van der Waals surface area contributed by atoms with E-state index in [-0.39, 0.29) is 11.5 Å². The maximum absolute atomic E-state index is 13.7. The highest BCUT2D eigenvalue weighted by Crippen LogP contribution is 2.48. The third-order valence-electron chi connectivity index (χ3n) is 4.53. The predicted octanol–water partition coefficient (Wildman–Crippen LogP) is 3.64. The summed E-state index contributed by atoms with van der Waals surface area (Å²) in [5.41, 5.74) is 1.10. The van der Waals surface area contributed by atoms with Crippen LogP contribution in [0, 0.1) is 5.82 Å². The molecule has 0 radical (unpaired) electrons. The first-order valence-electron chi connectivity index (χ1n) is 8.51. The molecule has 1 fully saturated rings. The van der Waals surface area contributed by atoms with Crippen molar-refractivity contribution in [2.75, 3.05) is 11.9 Å². The van der Waals surface area contributed by atoms with Crippen LogP contribution in [0.4, 0.5) is 10.1 Å². The fourth-order valence-corrected chi connectivity index (χ4v) is 2.90. The number of nitrogens with one attached hydrogen (secondary N) is 2. The number of amides is 2. The molecule has 3 rings (SSSR count). The van der Waals surface area contributed by atoms with Crippen molar-refractivity contribution >= 4 is 17.5 Å². The molecule has 2 amide bonds. The minimum Gasteiger partial charge on any atom is -0.355 e. The van der Waals surface area contributed by atoms with Crippen molar-refractivity contribution in [2.24, 2.45) is 0 Å². The number of carbonyl (C=O) groups excluding carboxylic acids is 2. The standard InChI is InChI=1S/C20H21FN2O2/c1-2-13-22-19(25)20(11-12-20)14-7-9-15(10-8-14)23-18(24)16-5-3-4-6-17(16)21/h3-10H,2,11-13H2,1H3,(H,22,25)(H,23,24). The summed E-state index contributed by atoms with van der Waals surface area (Å²) in [5, 5.41) is 5.64. The van der Waals surface area contributed by atoms with Crippen molar-refractivity contribution in [3.8, 4) is 0 Å². The fourth-order valence-electron chi connectivity index (χ4n) is 2.90. The van der Waals surface area contributed by atoms with Crippen LogP contribution in [0.15, 0.2) is 48.5 Å². The molecule has 0 spiro atoms. The van der Waals surface area contributed by atoms with Gasteiger partial charge in [-0.2, -0.15) is 0 Å². The Hall–Kier alpha value is -2.69. The summed E-state index contributed by atoms with van der Waals surface area (Å²) in [6.45, 7) is 2.70. The summed E-state index contributed by atoms with van der Waals surface area (Å²) < 4.78 is 13.7. The average molecular weight is 340 g/mol. The van der Waals surface area contributed by atoms with Gasteiger partial charge in [0, 0.05) is 12.2 Å². The van der Waals surface area contributed by atoms with Gasteiger partial charge in [0.25, 0.3) is 5.91 Å². The zero-order valence-corrected chi connectivity index (χ0v) is 14.1. The lowest BCUT2D eigenvalue weighted by atomic mass is 9.94. The second kappa shape index (κ2) is 7.05. The van der Waals surface area contributed by atoms with Gasteiger partial charge in [-0.25, -0.2) is 4.39 Å². The van der Waals surface area contributed by atoms with Crippen LogP contribution in [-0.2, 0) is 10.2 Å². The number of anilines is 1. The number of hydrogen-bond donors (Lipinski definition) is 2. The van der Waals surface area contributed by atoms with Crippen LogP contribution in [-0.4, -0.2) is 18.4 Å². The Balaban J connectivity index is 1.70. The molecule has 130 valence electrons. The SMILES string of the molecule is CCCNC(=O)C1(c2ccc(NC(=O)c3ccccc3F)cc2)CC1. The number of rotatable bonds is 6. The van der Waals surface area contributed by atoms with Gasteiger partial charge in [-0.15, -0.1) is 0 Å². The molecular formula is C20H21FN2O2. The molecule has 25 heavy (non-hydrogen) atoms. The predicted molar refractivity (Wildman–Crippen MR) is 95.0 cm³/mol. The zero-order chi connectivity index (χ0) is 17.9. The van der Waals surface area contributed by atoms with Gasteiger partial charge in [0.1, 0.15) is 5.82 Å². The third kappa shape index (κ3) is 3.55. The van der Waals surface area contributed by atoms with Gasteiger partial charge >= 0.3 is 0 Å². The molecule has 1 saturated carbocycles. The first-order chi connectivity index (χ1) is 12.1. The highest BCUT2D eigenvalue weighted by atomic mass is 19.1. The molecule has 0 heterocycles. The maximum atomic E-state index is 13.7. The van der Waals surface area contributed by atoms with Gasteiger partial charge in [-0.05, 0) is 49.1 Å². The number of carbonyl (C=O) groups is 2. The van der Waals surface area contributed by atoms with Crippen LogP contribution in [0.2, 0.25) is 0 Å². The molecule has 0 saturated heterocycles. The van der Waals surface area contributed by atoms with E-state index in [0.29, 0.717) is 12.2 Å². The van der Waals surface area contributed by atoms with E-state index in [1.54, 1.807) is 24.3 Å². The molecular weight excluding hydrogens is 319 g/mol. The normalized spacial score (nSPS) is 14.6. The van der Waals surface area contributed by atoms with Crippen molar-refractivity contribution < 1.29 is 14.0 Å². The lowest BCUT2D eigenvalue weighted by Crippen LogP contribution is -2.35. The van der Waals surface area contributed by atoms with E-state index in [2.05, 4.69) is 10.6 Å². The summed E-state index contributed by atoms with van der Waals surface area (Å²) in [7, 11) is 0. The molecule has 4 nitrogen and oxygen atoms in total. The van der Waals surface area contributed by atoms with Crippen molar-refractivity contribution in [1.82, 2.24) is 5.32 Å². The maximum Gasteiger partial charge on any atom is 0.258 e. The van der Waals surface area contributed by atoms with Gasteiger partial charge < -0.3 is 10.6 Å². The Kier molecular flexibility index (Phi) is 4.83. The summed E-state index contributed by atoms with van der Waals surface area (Å²) in [6, 6.07) is 13.1. The molecule has 2 aromatic rings. The lowest BCUT2D eigenvalue weighted by molar-refractivity contribution is -0.123. The van der Waals surface area contributed by atoms with Crippen LogP contribution in [0.5, 0.6) is 0 Å². The van der Waals surface area contributed by atoms with Gasteiger partial charge in [0.15, 0.2) is 0 Å². The van der Waals surface area contributed by atoms with E-state index in [1.165, 1.54) is 12.1 Å². The summed E-state index contributed by atoms with van der Waals surface area (Å²) >= 11 is 0. The molecule has 2 N–H and O–H groups in total. The largest absolute Gasteiger partial charge is 0.355 e. The third-order valence-corrected chi connectivity index (χ3v) is 4.53. The minimum absolute atomic E-state index is 0.00387. The lowest BCUT2D eigenvalue weighted by Gasteiger charge is -2.16. The van der Waals surface area contributed by atoms with Crippen LogP contribution >= 0.6 is 0 Å². The number of hydrogen-bond acceptors (Lipinski definition) is 2. The Morgan fingerprint density at radius 3 is 2.36 bits per heavy atom. The van der Waals surface area contributed by atoms with E-state index in [4.69, 9.17) is 0 Å². The molecule has 1 aliphatic rings. The van der Waals surface area contributed by atoms with E-state index in [9.17, 15) is 14.0 Å². The van der Waals surface area contributed by atoms with E-state index in [0.717, 1.165) is 24.8 Å². The van der Waals surface area contributed by atoms with Gasteiger partial charge in [-0.1, -0.05) is 31.2 Å². The quantitative estimate of drug-likeness (QED) is 0.843. The Bertz CT molecular complexity index is 783. The van der Waals surface area contributed by atoms with Gasteiger partial charge in [0.2, 0.25) is 5.91 Å². The first kappa shape index (κ1) is 17.1. The Morgan fingerprint density at radius 1 is 1.08 bits per heavy atom. The van der Waals surface area contributed by atoms with E-state index < -0.39 is 17.1 Å². The number of halogens is 1. The first-order valence-corrected chi connectivity index (χ1v) is 8.51. The molecule has 1 aliphatic carbocycles. The second-order valence-electron chi connectivity index (χ2n) is 6.35. The van der Waals surface area contributed by atoms with Crippen LogP contribution < -0.4 is 10.6 Å². The molecule has 0 aromatic heterocycles. The molecule has 0 bridgehead atoms. The van der Waals surface area contributed by atoms with E-state index >= 15 is 0 Å². The monoisotopic (exact) mass is 340 g/mol. The molecule has 0 atom stereocenters. The van der Waals surface area contributed by atoms with Crippen LogP contribution in [0.1, 0.15) is 42.1 Å². The van der Waals surface area contributed by atoms with Gasteiger partial charge in [0.05, 0.1) is 11.0 Å². The summed E-state index contributed by atoms with van der Waals surface area (Å²) in [4.78, 5) is 24.5. The topological polar surface area (TPSA) is 58.2 Å². The summed E-state index contributed by atoms with van der Waals surface area (Å²) in [6.07, 6.45) is 2.58. The Labute approximate surface area is 146 Å². The van der Waals surface area contributed by atoms with Crippen LogP contribution in [0.25, 0.3) is 0 Å². The fraction of sp³-hybridized carbons (Fsp3) is 0.300. The Morgan fingerprint density at radius 2 is 1.76 bits per heavy atom. The minimum atomic E-state index is -0.554. The van der Waals surface area contributed by atoms with Crippen molar-refractivity contribution in [2.45, 2.75) is 31.6 Å². The van der Waals surface area contributed by atoms with Crippen molar-refractivity contribution in [3.63, 3.8) is 0 Å². The van der Waals surface area contributed by atoms with E-state index in [1.807, 2.05) is 19.1 Å². The second-order valence-corrected chi connectivity index (χ2v) is 6.35. The molecule has 0 aliphatic heterocycles. The van der Waals surface area contributed by atoms with Crippen LogP contribution in [0.3, 0.4) is 0 Å². The van der Waals surface area contributed by atoms with Crippen molar-refractivity contribution in [3.05, 3.63) is 65.5 Å². The van der Waals surface area contributed by atoms with Crippen molar-refractivity contribution in [1.29, 1.82) is 0 Å². The average Bonchev–Trinajstić information content (AvgIpc) is 3.42. The molecule has 2 aromatic carbocycles. The smallest absolute Gasteiger partial charge is 0.258 e.